The smallest absolute Gasteiger partial charge is 0.251 e. The van der Waals surface area contributed by atoms with Crippen molar-refractivity contribution in [3.8, 4) is 17.2 Å². The van der Waals surface area contributed by atoms with Gasteiger partial charge in [0.2, 0.25) is 0 Å². The zero-order valence-corrected chi connectivity index (χ0v) is 17.6. The number of carbonyl (C=O) groups is 1. The van der Waals surface area contributed by atoms with Gasteiger partial charge in [-0.2, -0.15) is 0 Å². The van der Waals surface area contributed by atoms with Gasteiger partial charge < -0.3 is 24.8 Å². The molecule has 0 aliphatic heterocycles. The maximum absolute atomic E-state index is 13.3. The van der Waals surface area contributed by atoms with Gasteiger partial charge in [0, 0.05) is 11.8 Å². The Kier molecular flexibility index (Phi) is 6.80. The van der Waals surface area contributed by atoms with Crippen LogP contribution in [0.15, 0.2) is 66.7 Å². The largest absolute Gasteiger partial charge is 0.495 e. The number of hydrogen-bond donors (Lipinski definition) is 2. The van der Waals surface area contributed by atoms with Gasteiger partial charge in [-0.25, -0.2) is 0 Å². The maximum atomic E-state index is 13.3. The third-order valence-electron chi connectivity index (χ3n) is 4.70. The highest BCUT2D eigenvalue weighted by Gasteiger charge is 2.22. The Labute approximate surface area is 176 Å². The Morgan fingerprint density at radius 2 is 1.47 bits per heavy atom. The van der Waals surface area contributed by atoms with Crippen LogP contribution in [0.25, 0.3) is 0 Å². The van der Waals surface area contributed by atoms with Crippen molar-refractivity contribution in [1.82, 2.24) is 0 Å². The molecule has 6 heteroatoms. The molecular weight excluding hydrogens is 380 g/mol. The van der Waals surface area contributed by atoms with E-state index in [9.17, 15) is 4.79 Å². The lowest BCUT2D eigenvalue weighted by molar-refractivity contribution is -0.117. The monoisotopic (exact) mass is 406 g/mol. The van der Waals surface area contributed by atoms with E-state index >= 15 is 0 Å². The first kappa shape index (κ1) is 21.0. The van der Waals surface area contributed by atoms with Gasteiger partial charge in [-0.3, -0.25) is 4.79 Å². The SMILES string of the molecule is COc1ccc(C)cc1NC(=O)[C@H](Nc1ccc(OC)c(OC)c1)c1ccccc1. The third-order valence-corrected chi connectivity index (χ3v) is 4.70. The maximum Gasteiger partial charge on any atom is 0.251 e. The minimum absolute atomic E-state index is 0.208. The molecule has 0 saturated heterocycles. The van der Waals surface area contributed by atoms with Crippen molar-refractivity contribution in [1.29, 1.82) is 0 Å². The summed E-state index contributed by atoms with van der Waals surface area (Å²) in [6.07, 6.45) is 0. The van der Waals surface area contributed by atoms with Crippen LogP contribution in [0.1, 0.15) is 17.2 Å². The van der Waals surface area contributed by atoms with E-state index in [1.165, 1.54) is 0 Å². The topological polar surface area (TPSA) is 68.8 Å². The zero-order valence-electron chi connectivity index (χ0n) is 17.6. The summed E-state index contributed by atoms with van der Waals surface area (Å²) in [5.41, 5.74) is 3.21. The lowest BCUT2D eigenvalue weighted by Gasteiger charge is -2.21. The van der Waals surface area contributed by atoms with Crippen LogP contribution in [0.3, 0.4) is 0 Å². The van der Waals surface area contributed by atoms with Crippen LogP contribution in [0, 0.1) is 6.92 Å². The van der Waals surface area contributed by atoms with Gasteiger partial charge in [0.05, 0.1) is 27.0 Å². The van der Waals surface area contributed by atoms with Crippen LogP contribution in [0.4, 0.5) is 11.4 Å². The second-order valence-electron chi connectivity index (χ2n) is 6.75. The Balaban J connectivity index is 1.92. The van der Waals surface area contributed by atoms with Gasteiger partial charge in [-0.1, -0.05) is 36.4 Å². The molecule has 30 heavy (non-hydrogen) atoms. The summed E-state index contributed by atoms with van der Waals surface area (Å²) in [5, 5.41) is 6.29. The van der Waals surface area contributed by atoms with E-state index in [0.717, 1.165) is 16.8 Å². The molecule has 0 radical (unpaired) electrons. The van der Waals surface area contributed by atoms with Gasteiger partial charge in [-0.15, -0.1) is 0 Å². The number of methoxy groups -OCH3 is 3. The van der Waals surface area contributed by atoms with Gasteiger partial charge in [-0.05, 0) is 42.3 Å². The van der Waals surface area contributed by atoms with E-state index in [0.29, 0.717) is 22.9 Å². The number of aryl methyl sites for hydroxylation is 1. The van der Waals surface area contributed by atoms with Crippen LogP contribution in [0.2, 0.25) is 0 Å². The highest BCUT2D eigenvalue weighted by Crippen LogP contribution is 2.32. The summed E-state index contributed by atoms with van der Waals surface area (Å²) >= 11 is 0. The van der Waals surface area contributed by atoms with E-state index < -0.39 is 6.04 Å². The molecule has 0 spiro atoms. The lowest BCUT2D eigenvalue weighted by Crippen LogP contribution is -2.27. The average molecular weight is 406 g/mol. The van der Waals surface area contributed by atoms with E-state index in [1.54, 1.807) is 33.5 Å². The second kappa shape index (κ2) is 9.69. The standard InChI is InChI=1S/C24H26N2O4/c1-16-10-12-20(28-2)19(14-16)26-24(27)23(17-8-6-5-7-9-17)25-18-11-13-21(29-3)22(15-18)30-4/h5-15,23,25H,1-4H3,(H,26,27)/t23-/m1/s1. The van der Waals surface area contributed by atoms with Crippen molar-refractivity contribution in [3.05, 3.63) is 77.9 Å². The molecule has 156 valence electrons. The van der Waals surface area contributed by atoms with Gasteiger partial charge in [0.15, 0.2) is 11.5 Å². The minimum Gasteiger partial charge on any atom is -0.495 e. The van der Waals surface area contributed by atoms with Crippen molar-refractivity contribution in [2.24, 2.45) is 0 Å². The molecule has 0 heterocycles. The average Bonchev–Trinajstić information content (AvgIpc) is 2.78. The summed E-state index contributed by atoms with van der Waals surface area (Å²) in [7, 11) is 4.74. The summed E-state index contributed by atoms with van der Waals surface area (Å²) in [4.78, 5) is 13.3. The summed E-state index contributed by atoms with van der Waals surface area (Å²) in [5.74, 6) is 1.59. The molecule has 0 aliphatic carbocycles. The predicted octanol–water partition coefficient (Wildman–Crippen LogP) is 4.81. The molecule has 3 rings (SSSR count). The summed E-state index contributed by atoms with van der Waals surface area (Å²) < 4.78 is 16.1. The Morgan fingerprint density at radius 3 is 2.13 bits per heavy atom. The van der Waals surface area contributed by atoms with Gasteiger partial charge in [0.1, 0.15) is 11.8 Å². The molecule has 0 unspecified atom stereocenters. The van der Waals surface area contributed by atoms with Crippen molar-refractivity contribution >= 4 is 17.3 Å². The molecule has 0 saturated carbocycles. The first-order chi connectivity index (χ1) is 14.5. The molecule has 0 bridgehead atoms. The van der Waals surface area contributed by atoms with Crippen molar-refractivity contribution in [2.75, 3.05) is 32.0 Å². The highest BCUT2D eigenvalue weighted by atomic mass is 16.5. The molecule has 1 amide bonds. The van der Waals surface area contributed by atoms with Crippen LogP contribution in [0.5, 0.6) is 17.2 Å². The zero-order chi connectivity index (χ0) is 21.5. The second-order valence-corrected chi connectivity index (χ2v) is 6.75. The Morgan fingerprint density at radius 1 is 0.800 bits per heavy atom. The van der Waals surface area contributed by atoms with Crippen molar-refractivity contribution in [3.63, 3.8) is 0 Å². The van der Waals surface area contributed by atoms with Crippen molar-refractivity contribution in [2.45, 2.75) is 13.0 Å². The molecule has 0 fully saturated rings. The van der Waals surface area contributed by atoms with Crippen LogP contribution in [-0.4, -0.2) is 27.2 Å². The normalized spacial score (nSPS) is 11.3. The van der Waals surface area contributed by atoms with E-state index in [2.05, 4.69) is 10.6 Å². The Hall–Kier alpha value is -3.67. The van der Waals surface area contributed by atoms with Crippen LogP contribution < -0.4 is 24.8 Å². The number of ether oxygens (including phenoxy) is 3. The lowest BCUT2D eigenvalue weighted by atomic mass is 10.1. The van der Waals surface area contributed by atoms with Crippen molar-refractivity contribution < 1.29 is 19.0 Å². The van der Waals surface area contributed by atoms with Gasteiger partial charge in [0.25, 0.3) is 5.91 Å². The van der Waals surface area contributed by atoms with E-state index in [4.69, 9.17) is 14.2 Å². The number of carbonyl (C=O) groups excluding carboxylic acids is 1. The first-order valence-corrected chi connectivity index (χ1v) is 9.54. The fraction of sp³-hybridized carbons (Fsp3) is 0.208. The summed E-state index contributed by atoms with van der Waals surface area (Å²) in [6.45, 7) is 1.96. The van der Waals surface area contributed by atoms with E-state index in [1.807, 2.05) is 61.5 Å². The fourth-order valence-electron chi connectivity index (χ4n) is 3.16. The molecule has 6 nitrogen and oxygen atoms in total. The molecule has 3 aromatic carbocycles. The quantitative estimate of drug-likeness (QED) is 0.562. The van der Waals surface area contributed by atoms with Crippen LogP contribution >= 0.6 is 0 Å². The predicted molar refractivity (Wildman–Crippen MR) is 119 cm³/mol. The minimum atomic E-state index is -0.630. The fourth-order valence-corrected chi connectivity index (χ4v) is 3.16. The Bertz CT molecular complexity index is 1010. The number of anilines is 2. The number of amides is 1. The van der Waals surface area contributed by atoms with E-state index in [-0.39, 0.29) is 5.91 Å². The molecule has 0 aromatic heterocycles. The first-order valence-electron chi connectivity index (χ1n) is 9.54. The summed E-state index contributed by atoms with van der Waals surface area (Å²) in [6, 6.07) is 20.0. The number of benzene rings is 3. The molecule has 3 aromatic rings. The third kappa shape index (κ3) is 4.84. The molecular formula is C24H26N2O4. The number of rotatable bonds is 8. The highest BCUT2D eigenvalue weighted by molar-refractivity contribution is 5.98. The van der Waals surface area contributed by atoms with Crippen LogP contribution in [-0.2, 0) is 4.79 Å². The number of hydrogen-bond acceptors (Lipinski definition) is 5. The number of nitrogens with one attached hydrogen (secondary N) is 2. The molecule has 0 aliphatic rings. The molecule has 1 atom stereocenters. The van der Waals surface area contributed by atoms with Gasteiger partial charge >= 0.3 is 0 Å². The molecule has 2 N–H and O–H groups in total.